The molecule has 32 heavy (non-hydrogen) atoms. The van der Waals surface area contributed by atoms with E-state index in [2.05, 4.69) is 9.88 Å². The van der Waals surface area contributed by atoms with E-state index in [9.17, 15) is 18.0 Å². The van der Waals surface area contributed by atoms with Gasteiger partial charge in [0.15, 0.2) is 5.13 Å². The van der Waals surface area contributed by atoms with E-state index in [1.807, 2.05) is 6.07 Å². The summed E-state index contributed by atoms with van der Waals surface area (Å²) in [5.74, 6) is 0.119. The third kappa shape index (κ3) is 5.03. The molecular formula is C22H22F3N3O3S. The second kappa shape index (κ2) is 9.43. The third-order valence-electron chi connectivity index (χ3n) is 5.24. The summed E-state index contributed by atoms with van der Waals surface area (Å²) in [6, 6.07) is 9.92. The lowest BCUT2D eigenvalue weighted by Gasteiger charge is -2.29. The zero-order valence-corrected chi connectivity index (χ0v) is 18.2. The van der Waals surface area contributed by atoms with Crippen molar-refractivity contribution in [3.8, 4) is 5.75 Å². The first-order chi connectivity index (χ1) is 15.3. The lowest BCUT2D eigenvalue weighted by Crippen LogP contribution is -2.43. The smallest absolute Gasteiger partial charge is 0.416 e. The number of alkyl halides is 3. The third-order valence-corrected chi connectivity index (χ3v) is 6.30. The first-order valence-corrected chi connectivity index (χ1v) is 10.9. The van der Waals surface area contributed by atoms with Gasteiger partial charge in [0.2, 0.25) is 0 Å². The van der Waals surface area contributed by atoms with Crippen molar-refractivity contribution in [1.82, 2.24) is 9.88 Å². The van der Waals surface area contributed by atoms with Gasteiger partial charge in [0.25, 0.3) is 5.91 Å². The van der Waals surface area contributed by atoms with Crippen LogP contribution in [-0.2, 0) is 10.9 Å². The number of hydrogen-bond donors (Lipinski definition) is 0. The van der Waals surface area contributed by atoms with E-state index in [0.717, 1.165) is 29.9 Å². The molecule has 0 radical (unpaired) electrons. The number of morpholine rings is 1. The molecule has 10 heteroatoms. The van der Waals surface area contributed by atoms with Gasteiger partial charge in [-0.1, -0.05) is 17.4 Å². The maximum absolute atomic E-state index is 13.4. The number of anilines is 1. The minimum Gasteiger partial charge on any atom is -0.497 e. The molecule has 4 rings (SSSR count). The lowest BCUT2D eigenvalue weighted by atomic mass is 10.1. The molecular weight excluding hydrogens is 443 g/mol. The predicted molar refractivity (Wildman–Crippen MR) is 117 cm³/mol. The van der Waals surface area contributed by atoms with Crippen LogP contribution < -0.4 is 9.64 Å². The second-order valence-corrected chi connectivity index (χ2v) is 8.33. The largest absolute Gasteiger partial charge is 0.497 e. The molecule has 1 aromatic heterocycles. The Morgan fingerprint density at radius 3 is 2.72 bits per heavy atom. The fourth-order valence-corrected chi connectivity index (χ4v) is 4.44. The minimum atomic E-state index is -4.53. The van der Waals surface area contributed by atoms with E-state index in [1.165, 1.54) is 28.4 Å². The topological polar surface area (TPSA) is 54.9 Å². The van der Waals surface area contributed by atoms with Crippen LogP contribution in [0.5, 0.6) is 5.75 Å². The van der Waals surface area contributed by atoms with Crippen LogP contribution in [0.3, 0.4) is 0 Å². The first-order valence-electron chi connectivity index (χ1n) is 10.1. The Kier molecular flexibility index (Phi) is 6.63. The van der Waals surface area contributed by atoms with Gasteiger partial charge in [-0.2, -0.15) is 13.2 Å². The number of amides is 1. The molecule has 1 aliphatic rings. The van der Waals surface area contributed by atoms with Crippen molar-refractivity contribution in [2.24, 2.45) is 0 Å². The lowest BCUT2D eigenvalue weighted by molar-refractivity contribution is -0.137. The standard InChI is InChI=1S/C22H22F3N3O3S/c1-30-17-5-6-19-18(14-17)26-21(32-19)28(8-7-27-9-11-31-12-10-27)20(29)15-3-2-4-16(13-15)22(23,24)25/h2-6,13-14H,7-12H2,1H3. The molecule has 1 saturated heterocycles. The van der Waals surface area contributed by atoms with Crippen molar-refractivity contribution in [2.75, 3.05) is 51.4 Å². The predicted octanol–water partition coefficient (Wildman–Crippen LogP) is 4.30. The fraction of sp³-hybridized carbons (Fsp3) is 0.364. The van der Waals surface area contributed by atoms with Crippen LogP contribution in [0.25, 0.3) is 10.2 Å². The van der Waals surface area contributed by atoms with E-state index in [1.54, 1.807) is 19.2 Å². The van der Waals surface area contributed by atoms with Crippen molar-refractivity contribution in [3.05, 3.63) is 53.6 Å². The highest BCUT2D eigenvalue weighted by atomic mass is 32.1. The van der Waals surface area contributed by atoms with Crippen molar-refractivity contribution >= 4 is 32.6 Å². The number of benzene rings is 2. The Labute approximate surface area is 187 Å². The van der Waals surface area contributed by atoms with Crippen molar-refractivity contribution < 1.29 is 27.4 Å². The molecule has 0 unspecified atom stereocenters. The van der Waals surface area contributed by atoms with E-state index in [4.69, 9.17) is 9.47 Å². The van der Waals surface area contributed by atoms with Crippen LogP contribution in [0, 0.1) is 0 Å². The van der Waals surface area contributed by atoms with Crippen LogP contribution in [-0.4, -0.2) is 62.3 Å². The van der Waals surface area contributed by atoms with Crippen LogP contribution in [0.1, 0.15) is 15.9 Å². The average molecular weight is 465 g/mol. The summed E-state index contributed by atoms with van der Waals surface area (Å²) in [6.45, 7) is 3.57. The maximum atomic E-state index is 13.4. The Morgan fingerprint density at radius 1 is 1.22 bits per heavy atom. The summed E-state index contributed by atoms with van der Waals surface area (Å²) >= 11 is 1.32. The molecule has 170 valence electrons. The van der Waals surface area contributed by atoms with Crippen LogP contribution in [0.2, 0.25) is 0 Å². The quantitative estimate of drug-likeness (QED) is 0.543. The molecule has 2 aromatic carbocycles. The molecule has 1 aliphatic heterocycles. The fourth-order valence-electron chi connectivity index (χ4n) is 3.47. The van der Waals surface area contributed by atoms with Gasteiger partial charge >= 0.3 is 6.18 Å². The summed E-state index contributed by atoms with van der Waals surface area (Å²) < 4.78 is 51.0. The maximum Gasteiger partial charge on any atom is 0.416 e. The Bertz CT molecular complexity index is 1100. The van der Waals surface area contributed by atoms with Crippen molar-refractivity contribution in [1.29, 1.82) is 0 Å². The zero-order valence-electron chi connectivity index (χ0n) is 17.4. The molecule has 0 bridgehead atoms. The Hall–Kier alpha value is -2.69. The van der Waals surface area contributed by atoms with Crippen LogP contribution >= 0.6 is 11.3 Å². The number of aromatic nitrogens is 1. The molecule has 0 saturated carbocycles. The number of fused-ring (bicyclic) bond motifs is 1. The Balaban J connectivity index is 1.66. The number of ether oxygens (including phenoxy) is 2. The molecule has 1 amide bonds. The first kappa shape index (κ1) is 22.5. The zero-order chi connectivity index (χ0) is 22.7. The normalized spacial score (nSPS) is 15.1. The van der Waals surface area contributed by atoms with Crippen molar-refractivity contribution in [3.63, 3.8) is 0 Å². The molecule has 2 heterocycles. The highest BCUT2D eigenvalue weighted by Crippen LogP contribution is 2.33. The van der Waals surface area contributed by atoms with Gasteiger partial charge in [-0.25, -0.2) is 4.98 Å². The average Bonchev–Trinajstić information content (AvgIpc) is 3.22. The summed E-state index contributed by atoms with van der Waals surface area (Å²) in [5, 5.41) is 0.434. The molecule has 0 spiro atoms. The van der Waals surface area contributed by atoms with Crippen molar-refractivity contribution in [2.45, 2.75) is 6.18 Å². The molecule has 0 atom stereocenters. The SMILES string of the molecule is COc1ccc2sc(N(CCN3CCOCC3)C(=O)c3cccc(C(F)(F)F)c3)nc2c1. The van der Waals surface area contributed by atoms with Gasteiger partial charge in [0.1, 0.15) is 5.75 Å². The number of methoxy groups -OCH3 is 1. The van der Waals surface area contributed by atoms with E-state index >= 15 is 0 Å². The second-order valence-electron chi connectivity index (χ2n) is 7.32. The van der Waals surface area contributed by atoms with Gasteiger partial charge in [0.05, 0.1) is 36.1 Å². The van der Waals surface area contributed by atoms with E-state index in [0.29, 0.717) is 42.7 Å². The molecule has 0 aliphatic carbocycles. The number of rotatable bonds is 6. The van der Waals surface area contributed by atoms with Gasteiger partial charge in [-0.15, -0.1) is 0 Å². The monoisotopic (exact) mass is 465 g/mol. The summed E-state index contributed by atoms with van der Waals surface area (Å²) in [5.41, 5.74) is -0.221. The molecule has 6 nitrogen and oxygen atoms in total. The summed E-state index contributed by atoms with van der Waals surface area (Å²) in [6.07, 6.45) is -4.53. The number of hydrogen-bond acceptors (Lipinski definition) is 6. The van der Waals surface area contributed by atoms with Gasteiger partial charge < -0.3 is 9.47 Å². The molecule has 1 fully saturated rings. The van der Waals surface area contributed by atoms with Gasteiger partial charge in [-0.3, -0.25) is 14.6 Å². The van der Waals surface area contributed by atoms with Gasteiger partial charge in [-0.05, 0) is 30.3 Å². The summed E-state index contributed by atoms with van der Waals surface area (Å²) in [7, 11) is 1.56. The minimum absolute atomic E-state index is 0.0290. The number of thiazole rings is 1. The number of halogens is 3. The van der Waals surface area contributed by atoms with E-state index < -0.39 is 17.6 Å². The Morgan fingerprint density at radius 2 is 2.00 bits per heavy atom. The number of nitrogens with zero attached hydrogens (tertiary/aromatic N) is 3. The van der Waals surface area contributed by atoms with Crippen LogP contribution in [0.4, 0.5) is 18.3 Å². The molecule has 0 N–H and O–H groups in total. The highest BCUT2D eigenvalue weighted by molar-refractivity contribution is 7.22. The van der Waals surface area contributed by atoms with Crippen LogP contribution in [0.15, 0.2) is 42.5 Å². The van der Waals surface area contributed by atoms with E-state index in [-0.39, 0.29) is 5.56 Å². The highest BCUT2D eigenvalue weighted by Gasteiger charge is 2.32. The molecule has 3 aromatic rings. The number of carbonyl (C=O) groups is 1. The summed E-state index contributed by atoms with van der Waals surface area (Å²) in [4.78, 5) is 21.6. The number of carbonyl (C=O) groups excluding carboxylic acids is 1. The van der Waals surface area contributed by atoms with Gasteiger partial charge in [0, 0.05) is 37.8 Å².